The number of hydrogen-bond acceptors (Lipinski definition) is 2. The summed E-state index contributed by atoms with van der Waals surface area (Å²) in [6.07, 6.45) is 2.08. The highest BCUT2D eigenvalue weighted by molar-refractivity contribution is 6.00. The quantitative estimate of drug-likeness (QED) is 0.758. The van der Waals surface area contributed by atoms with Gasteiger partial charge in [0, 0.05) is 12.1 Å². The van der Waals surface area contributed by atoms with E-state index in [1.807, 2.05) is 30.3 Å². The second-order valence-corrected chi connectivity index (χ2v) is 6.04. The molecule has 0 N–H and O–H groups in total. The van der Waals surface area contributed by atoms with Gasteiger partial charge < -0.3 is 0 Å². The first-order valence-electron chi connectivity index (χ1n) is 6.87. The third-order valence-corrected chi connectivity index (χ3v) is 3.90. The minimum atomic E-state index is 0.0502. The molecule has 1 aliphatic heterocycles. The van der Waals surface area contributed by atoms with Gasteiger partial charge in [0.05, 0.1) is 6.04 Å². The first kappa shape index (κ1) is 13.3. The van der Waals surface area contributed by atoms with E-state index in [0.717, 1.165) is 25.1 Å². The molecule has 1 heterocycles. The van der Waals surface area contributed by atoms with Gasteiger partial charge in [-0.05, 0) is 24.8 Å². The van der Waals surface area contributed by atoms with Gasteiger partial charge in [-0.15, -0.1) is 0 Å². The number of likely N-dealkylation sites (tertiary alicyclic amines) is 1. The van der Waals surface area contributed by atoms with Crippen molar-refractivity contribution in [2.45, 2.75) is 39.7 Å². The average Bonchev–Trinajstić information content (AvgIpc) is 2.71. The zero-order valence-corrected chi connectivity index (χ0v) is 11.6. The molecule has 0 radical (unpaired) electrons. The van der Waals surface area contributed by atoms with E-state index >= 15 is 0 Å². The van der Waals surface area contributed by atoms with Crippen LogP contribution in [-0.2, 0) is 0 Å². The third-order valence-electron chi connectivity index (χ3n) is 3.90. The highest BCUT2D eigenvalue weighted by atomic mass is 16.1. The summed E-state index contributed by atoms with van der Waals surface area (Å²) in [7, 11) is 0. The van der Waals surface area contributed by atoms with Crippen molar-refractivity contribution in [3.8, 4) is 0 Å². The Labute approximate surface area is 110 Å². The first-order chi connectivity index (χ1) is 8.53. The lowest BCUT2D eigenvalue weighted by atomic mass is 9.93. The zero-order valence-electron chi connectivity index (χ0n) is 11.6. The van der Waals surface area contributed by atoms with Crippen LogP contribution in [0.5, 0.6) is 0 Å². The second kappa shape index (κ2) is 5.23. The van der Waals surface area contributed by atoms with Crippen LogP contribution in [0.2, 0.25) is 0 Å². The lowest BCUT2D eigenvalue weighted by Crippen LogP contribution is -2.40. The van der Waals surface area contributed by atoms with Crippen molar-refractivity contribution in [3.05, 3.63) is 35.9 Å². The maximum absolute atomic E-state index is 12.5. The predicted octanol–water partition coefficient (Wildman–Crippen LogP) is 3.38. The van der Waals surface area contributed by atoms with Gasteiger partial charge >= 0.3 is 0 Å². The maximum Gasteiger partial charge on any atom is 0.179 e. The number of Topliss-reactive ketones (excluding diaryl/α,β-unsaturated/α-hetero) is 1. The Kier molecular flexibility index (Phi) is 3.86. The van der Waals surface area contributed by atoms with Crippen LogP contribution in [0, 0.1) is 5.41 Å². The summed E-state index contributed by atoms with van der Waals surface area (Å²) in [6, 6.07) is 9.73. The van der Waals surface area contributed by atoms with Gasteiger partial charge in [-0.1, -0.05) is 51.1 Å². The number of nitrogens with zero attached hydrogens (tertiary/aromatic N) is 1. The average molecular weight is 245 g/mol. The molecular formula is C16H23NO. The molecular weight excluding hydrogens is 222 g/mol. The summed E-state index contributed by atoms with van der Waals surface area (Å²) in [5.74, 6) is 0.274. The summed E-state index contributed by atoms with van der Waals surface area (Å²) in [4.78, 5) is 14.9. The van der Waals surface area contributed by atoms with Crippen LogP contribution in [0.4, 0.5) is 0 Å². The Morgan fingerprint density at radius 1 is 1.33 bits per heavy atom. The van der Waals surface area contributed by atoms with Crippen LogP contribution in [0.25, 0.3) is 0 Å². The van der Waals surface area contributed by atoms with E-state index in [2.05, 4.69) is 25.7 Å². The van der Waals surface area contributed by atoms with E-state index < -0.39 is 0 Å². The Balaban J connectivity index is 2.12. The van der Waals surface area contributed by atoms with Gasteiger partial charge in [0.25, 0.3) is 0 Å². The molecule has 0 saturated carbocycles. The van der Waals surface area contributed by atoms with E-state index in [0.29, 0.717) is 5.41 Å². The molecule has 1 fully saturated rings. The van der Waals surface area contributed by atoms with E-state index in [-0.39, 0.29) is 11.8 Å². The van der Waals surface area contributed by atoms with Crippen molar-refractivity contribution in [1.29, 1.82) is 0 Å². The van der Waals surface area contributed by atoms with Gasteiger partial charge in [-0.25, -0.2) is 0 Å². The molecule has 0 bridgehead atoms. The van der Waals surface area contributed by atoms with Crippen molar-refractivity contribution < 1.29 is 4.79 Å². The fourth-order valence-corrected chi connectivity index (χ4v) is 2.82. The van der Waals surface area contributed by atoms with E-state index in [4.69, 9.17) is 0 Å². The number of ketones is 1. The summed E-state index contributed by atoms with van der Waals surface area (Å²) in [5.41, 5.74) is 1.19. The molecule has 1 aliphatic rings. The number of rotatable bonds is 4. The minimum Gasteiger partial charge on any atom is -0.293 e. The van der Waals surface area contributed by atoms with E-state index in [9.17, 15) is 4.79 Å². The van der Waals surface area contributed by atoms with Crippen molar-refractivity contribution in [2.24, 2.45) is 5.41 Å². The lowest BCUT2D eigenvalue weighted by Gasteiger charge is -2.27. The fourth-order valence-electron chi connectivity index (χ4n) is 2.82. The molecule has 1 saturated heterocycles. The van der Waals surface area contributed by atoms with Crippen molar-refractivity contribution >= 4 is 5.78 Å². The van der Waals surface area contributed by atoms with Crippen molar-refractivity contribution in [2.75, 3.05) is 13.1 Å². The highest BCUT2D eigenvalue weighted by Crippen LogP contribution is 2.31. The summed E-state index contributed by atoms with van der Waals surface area (Å²) < 4.78 is 0. The van der Waals surface area contributed by atoms with Crippen LogP contribution in [0.3, 0.4) is 0 Å². The highest BCUT2D eigenvalue weighted by Gasteiger charge is 2.35. The molecule has 1 atom stereocenters. The molecule has 1 unspecified atom stereocenters. The molecule has 0 aliphatic carbocycles. The Hall–Kier alpha value is -1.15. The summed E-state index contributed by atoms with van der Waals surface area (Å²) in [5, 5.41) is 0. The topological polar surface area (TPSA) is 20.3 Å². The number of benzene rings is 1. The standard InChI is InChI=1S/C16H23NO/c1-4-14(17-11-10-16(2,3)12-17)15(18)13-8-6-5-7-9-13/h5-9,14H,4,10-12H2,1-3H3. The van der Waals surface area contributed by atoms with Crippen LogP contribution in [0.15, 0.2) is 30.3 Å². The Bertz CT molecular complexity index is 410. The molecule has 1 aromatic carbocycles. The van der Waals surface area contributed by atoms with Gasteiger partial charge in [0.1, 0.15) is 0 Å². The molecule has 98 valence electrons. The van der Waals surface area contributed by atoms with Crippen LogP contribution in [0.1, 0.15) is 44.0 Å². The zero-order chi connectivity index (χ0) is 13.2. The van der Waals surface area contributed by atoms with E-state index in [1.165, 1.54) is 6.42 Å². The predicted molar refractivity (Wildman–Crippen MR) is 74.8 cm³/mol. The summed E-state index contributed by atoms with van der Waals surface area (Å²) in [6.45, 7) is 8.75. The maximum atomic E-state index is 12.5. The lowest BCUT2D eigenvalue weighted by molar-refractivity contribution is 0.0832. The van der Waals surface area contributed by atoms with Gasteiger partial charge in [-0.2, -0.15) is 0 Å². The monoisotopic (exact) mass is 245 g/mol. The van der Waals surface area contributed by atoms with Crippen LogP contribution < -0.4 is 0 Å². The van der Waals surface area contributed by atoms with Crippen molar-refractivity contribution in [1.82, 2.24) is 4.90 Å². The van der Waals surface area contributed by atoms with E-state index in [1.54, 1.807) is 0 Å². The molecule has 0 spiro atoms. The SMILES string of the molecule is CCC(C(=O)c1ccccc1)N1CCC(C)(C)C1. The molecule has 2 heteroatoms. The first-order valence-corrected chi connectivity index (χ1v) is 6.87. The van der Waals surface area contributed by atoms with Crippen LogP contribution >= 0.6 is 0 Å². The normalized spacial score (nSPS) is 20.8. The molecule has 2 nitrogen and oxygen atoms in total. The summed E-state index contributed by atoms with van der Waals surface area (Å²) >= 11 is 0. The number of carbonyl (C=O) groups is 1. The molecule has 0 amide bonds. The number of carbonyl (C=O) groups excluding carboxylic acids is 1. The molecule has 2 rings (SSSR count). The minimum absolute atomic E-state index is 0.0502. The Morgan fingerprint density at radius 2 is 2.00 bits per heavy atom. The Morgan fingerprint density at radius 3 is 2.50 bits per heavy atom. The van der Waals surface area contributed by atoms with Crippen molar-refractivity contribution in [3.63, 3.8) is 0 Å². The van der Waals surface area contributed by atoms with Gasteiger partial charge in [0.2, 0.25) is 0 Å². The fraction of sp³-hybridized carbons (Fsp3) is 0.562. The van der Waals surface area contributed by atoms with Crippen LogP contribution in [-0.4, -0.2) is 29.8 Å². The van der Waals surface area contributed by atoms with Gasteiger partial charge in [-0.3, -0.25) is 9.69 Å². The smallest absolute Gasteiger partial charge is 0.179 e. The molecule has 1 aromatic rings. The second-order valence-electron chi connectivity index (χ2n) is 6.04. The molecule has 0 aromatic heterocycles. The number of hydrogen-bond donors (Lipinski definition) is 0. The third kappa shape index (κ3) is 2.81. The largest absolute Gasteiger partial charge is 0.293 e. The molecule has 18 heavy (non-hydrogen) atoms. The van der Waals surface area contributed by atoms with Gasteiger partial charge in [0.15, 0.2) is 5.78 Å².